The minimum absolute atomic E-state index is 0.106. The summed E-state index contributed by atoms with van der Waals surface area (Å²) in [6.07, 6.45) is 13.4. The molecule has 0 bridgehead atoms. The lowest BCUT2D eigenvalue weighted by molar-refractivity contribution is -0.151. The van der Waals surface area contributed by atoms with Crippen molar-refractivity contribution in [3.63, 3.8) is 0 Å². The molecule has 0 radical (unpaired) electrons. The van der Waals surface area contributed by atoms with Crippen molar-refractivity contribution in [2.45, 2.75) is 228 Å². The third-order valence-electron chi connectivity index (χ3n) is 20.0. The van der Waals surface area contributed by atoms with E-state index in [-0.39, 0.29) is 119 Å². The third-order valence-corrected chi connectivity index (χ3v) is 29.7. The number of aliphatic hydroxyl groups excluding tert-OH is 2. The second kappa shape index (κ2) is 74.9. The van der Waals surface area contributed by atoms with E-state index in [9.17, 15) is 38.4 Å². The predicted molar refractivity (Wildman–Crippen MR) is 564 cm³/mol. The van der Waals surface area contributed by atoms with Crippen LogP contribution in [0.5, 0.6) is 0 Å². The highest BCUT2D eigenvalue weighted by Crippen LogP contribution is 2.41. The summed E-state index contributed by atoms with van der Waals surface area (Å²) in [4.78, 5) is 109. The van der Waals surface area contributed by atoms with Crippen molar-refractivity contribution >= 4 is 168 Å². The van der Waals surface area contributed by atoms with Crippen LogP contribution < -0.4 is 33.6 Å². The maximum absolute atomic E-state index is 12.4. The van der Waals surface area contributed by atoms with Gasteiger partial charge in [-0.05, 0) is 297 Å². The van der Waals surface area contributed by atoms with Gasteiger partial charge in [-0.25, -0.2) is 0 Å². The molecule has 8 aromatic rings. The summed E-state index contributed by atoms with van der Waals surface area (Å²) in [6.45, 7) is 16.5. The molecule has 26 nitrogen and oxygen atoms in total. The van der Waals surface area contributed by atoms with E-state index in [1.807, 2.05) is 152 Å². The molecule has 12 N–H and O–H groups in total. The van der Waals surface area contributed by atoms with Crippen molar-refractivity contribution in [2.75, 3.05) is 146 Å². The first-order valence-electron chi connectivity index (χ1n) is 46.9. The van der Waals surface area contributed by atoms with E-state index in [1.54, 1.807) is 93.3 Å². The molecular formula is C103H142N8O18S8. The van der Waals surface area contributed by atoms with Gasteiger partial charge in [0.2, 0.25) is 0 Å². The van der Waals surface area contributed by atoms with Crippen LogP contribution in [-0.2, 0) is 89.1 Å². The van der Waals surface area contributed by atoms with Gasteiger partial charge in [0.1, 0.15) is 6.10 Å². The van der Waals surface area contributed by atoms with E-state index in [2.05, 4.69) is 94.8 Å². The number of benzene rings is 8. The monoisotopic (exact) mass is 2030 g/mol. The normalized spacial score (nSPS) is 11.1. The van der Waals surface area contributed by atoms with E-state index in [1.165, 1.54) is 37.8 Å². The smallest absolute Gasteiger partial charge is 0.307 e. The van der Waals surface area contributed by atoms with Gasteiger partial charge >= 0.3 is 47.8 Å². The van der Waals surface area contributed by atoms with Gasteiger partial charge in [0.05, 0.1) is 85.3 Å². The van der Waals surface area contributed by atoms with E-state index in [0.29, 0.717) is 123 Å². The molecule has 0 heterocycles. The van der Waals surface area contributed by atoms with Gasteiger partial charge in [0.25, 0.3) is 0 Å². The van der Waals surface area contributed by atoms with Crippen molar-refractivity contribution in [1.29, 1.82) is 0 Å². The van der Waals surface area contributed by atoms with Crippen LogP contribution in [0.2, 0.25) is 0 Å². The number of hydrogen-bond donors (Lipinski definition) is 8. The Morgan fingerprint density at radius 2 is 0.606 bits per heavy atom. The highest BCUT2D eigenvalue weighted by atomic mass is 33.1. The number of nitrogens with one attached hydrogen (secondary N) is 2. The first-order chi connectivity index (χ1) is 66.4. The zero-order chi connectivity index (χ0) is 99.1. The van der Waals surface area contributed by atoms with Crippen molar-refractivity contribution in [3.8, 4) is 0 Å². The molecule has 0 saturated carbocycles. The second-order valence-electron chi connectivity index (χ2n) is 32.1. The van der Waals surface area contributed by atoms with E-state index >= 15 is 0 Å². The van der Waals surface area contributed by atoms with Crippen LogP contribution in [0.15, 0.2) is 233 Å². The summed E-state index contributed by atoms with van der Waals surface area (Å²) in [5, 5.41) is 24.6. The Morgan fingerprint density at radius 1 is 0.314 bits per heavy atom. The average Bonchev–Trinajstić information content (AvgIpc) is 0.901. The number of nitrogens with zero attached hydrogens (tertiary/aromatic N) is 2. The molecule has 137 heavy (non-hydrogen) atoms. The number of carbonyl (C=O) groups is 8. The number of anilines is 6. The van der Waals surface area contributed by atoms with Crippen LogP contribution in [-0.4, -0.2) is 186 Å². The van der Waals surface area contributed by atoms with Gasteiger partial charge in [-0.3, -0.25) is 38.4 Å². The Morgan fingerprint density at radius 3 is 0.949 bits per heavy atom. The summed E-state index contributed by atoms with van der Waals surface area (Å²) >= 11 is 0. The van der Waals surface area contributed by atoms with Crippen LogP contribution in [0.1, 0.15) is 181 Å². The molecule has 0 aliphatic carbocycles. The first-order valence-corrected chi connectivity index (χ1v) is 55.5. The molecule has 0 aromatic heterocycles. The van der Waals surface area contributed by atoms with Gasteiger partial charge in [-0.2, -0.15) is 0 Å². The number of ether oxygens (including phenoxy) is 8. The van der Waals surface area contributed by atoms with Crippen LogP contribution in [0.3, 0.4) is 0 Å². The summed E-state index contributed by atoms with van der Waals surface area (Å²) in [5.74, 6) is -1.47. The highest BCUT2D eigenvalue weighted by molar-refractivity contribution is 8.77. The van der Waals surface area contributed by atoms with Crippen molar-refractivity contribution in [1.82, 2.24) is 9.80 Å². The maximum Gasteiger partial charge on any atom is 0.307 e. The fourth-order valence-corrected chi connectivity index (χ4v) is 19.8. The first kappa shape index (κ1) is 118. The fourth-order valence-electron chi connectivity index (χ4n) is 12.1. The molecule has 0 spiro atoms. The molecule has 0 fully saturated rings. The van der Waals surface area contributed by atoms with E-state index in [4.69, 9.17) is 66.3 Å². The molecule has 1 unspecified atom stereocenters. The maximum atomic E-state index is 12.4. The average molecular weight is 2040 g/mol. The van der Waals surface area contributed by atoms with Crippen LogP contribution in [0, 0.1) is 5.92 Å². The van der Waals surface area contributed by atoms with Crippen molar-refractivity contribution in [2.24, 2.45) is 5.92 Å². The predicted octanol–water partition coefficient (Wildman–Crippen LogP) is 22.0. The van der Waals surface area contributed by atoms with Gasteiger partial charge in [-0.1, -0.05) is 138 Å². The van der Waals surface area contributed by atoms with Crippen LogP contribution in [0.25, 0.3) is 0 Å². The van der Waals surface area contributed by atoms with Crippen molar-refractivity contribution < 1.29 is 86.5 Å². The van der Waals surface area contributed by atoms with Crippen LogP contribution in [0.4, 0.5) is 34.1 Å². The molecule has 0 amide bonds. The Labute approximate surface area is 842 Å². The molecule has 8 rings (SSSR count). The third kappa shape index (κ3) is 60.5. The van der Waals surface area contributed by atoms with Crippen LogP contribution >= 0.6 is 86.4 Å². The standard InChI is InChI=1S/C35H52N2O7S2.C34H51N3O7S2.C17H20N2O2S2.C17H19NO2S2/c1-27(2)19-25-42-34(40)17-22-37(21-4-5-24-38)23-18-35(41)44-28(3)20-26-43-33(39)8-6-7-29-9-13-31(14-10-29)45-46-32-15-11-30(36)12-16-32;1-2-3-25-42-33(40)18-22-37(21-5-4-6-24-38)23-19-34(41)44-27-8-7-26-43-32(39)17-20-36-29-11-15-31(16-12-29)46-45-30-13-9-28(35)10-14-30;1-2-21-17(20)11-12-19-14-5-9-16(10-6-14)23-22-15-7-3-13(18)4-8-15;1-20-17(19)4-2-3-13-5-9-15(10-6-13)21-22-16-11-7-14(18)8-12-16/h9-16,27-28,38H,4-8,17-26,36H2,1-3H3;9-16,36,38H,2-8,17-27,35H2,1H3;3-10,19H,2,11-12,18H2,1H3;5-12H,2-4,18H2,1H3. The van der Waals surface area contributed by atoms with E-state index < -0.39 is 0 Å². The number of rotatable bonds is 65. The van der Waals surface area contributed by atoms with Gasteiger partial charge < -0.3 is 91.5 Å². The Bertz CT molecular complexity index is 4620. The lowest BCUT2D eigenvalue weighted by Crippen LogP contribution is -2.31. The summed E-state index contributed by atoms with van der Waals surface area (Å²) < 4.78 is 41.6. The summed E-state index contributed by atoms with van der Waals surface area (Å²) in [7, 11) is 15.0. The van der Waals surface area contributed by atoms with Gasteiger partial charge in [0, 0.05) is 145 Å². The SMILES string of the molecule is CC(C)CCOC(=O)CCN(CCCCO)CCC(=O)OC(C)CCOC(=O)CCCc1ccc(SSc2ccc(N)cc2)cc1.CCCCOC(=O)CCN(CCCCCO)CCC(=O)OCCCCOC(=O)CCNc1ccc(SSc2ccc(N)cc2)cc1.CCOC(=O)CCNc1ccc(SSc2ccc(N)cc2)cc1.COC(=O)CCCc1ccc(SSc2ccc(N)cc2)cc1. The number of aryl methyl sites for hydroxylation is 2. The molecular weight excluding hydrogens is 1890 g/mol. The number of esters is 8. The largest absolute Gasteiger partial charge is 0.469 e. The molecule has 0 aliphatic rings. The van der Waals surface area contributed by atoms with Crippen molar-refractivity contribution in [3.05, 3.63) is 205 Å². The highest BCUT2D eigenvalue weighted by Gasteiger charge is 2.19. The molecule has 750 valence electrons. The zero-order valence-electron chi connectivity index (χ0n) is 80.1. The number of carbonyl (C=O) groups excluding carboxylic acids is 8. The number of methoxy groups -OCH3 is 1. The lowest BCUT2D eigenvalue weighted by atomic mass is 10.1. The topological polar surface area (TPSA) is 385 Å². The Balaban J connectivity index is 0.000000339. The molecule has 34 heteroatoms. The summed E-state index contributed by atoms with van der Waals surface area (Å²) in [5.41, 5.74) is 30.2. The number of aliphatic hydroxyl groups is 2. The molecule has 0 saturated heterocycles. The molecule has 1 atom stereocenters. The molecule has 8 aromatic carbocycles. The Hall–Kier alpha value is -9.04. The Kier molecular flexibility index (Phi) is 64.8. The number of unbranched alkanes of at least 4 members (excludes halogenated alkanes) is 5. The quantitative estimate of drug-likeness (QED) is 0.00577. The van der Waals surface area contributed by atoms with Gasteiger partial charge in [0.15, 0.2) is 0 Å². The van der Waals surface area contributed by atoms with Gasteiger partial charge in [-0.15, -0.1) is 0 Å². The lowest BCUT2D eigenvalue weighted by Gasteiger charge is -2.22. The zero-order valence-corrected chi connectivity index (χ0v) is 86.6. The van der Waals surface area contributed by atoms with E-state index in [0.717, 1.165) is 124 Å². The minimum atomic E-state index is -0.381. The molecule has 0 aliphatic heterocycles. The minimum Gasteiger partial charge on any atom is -0.469 e. The number of nitrogens with two attached hydrogens (primary N) is 4. The fraction of sp³-hybridized carbons (Fsp3) is 0.456. The second-order valence-corrected chi connectivity index (χ2v) is 41.2. The number of nitrogen functional groups attached to an aromatic ring is 4. The summed E-state index contributed by atoms with van der Waals surface area (Å²) in [6, 6.07) is 64.3. The number of hydrogen-bond acceptors (Lipinski definition) is 34.